The summed E-state index contributed by atoms with van der Waals surface area (Å²) in [5.41, 5.74) is 7.27. The van der Waals surface area contributed by atoms with Crippen LogP contribution in [0.2, 0.25) is 0 Å². The smallest absolute Gasteiger partial charge is 0.291 e. The molecule has 19 heavy (non-hydrogen) atoms. The van der Waals surface area contributed by atoms with Gasteiger partial charge in [0, 0.05) is 16.6 Å². The molecule has 4 nitrogen and oxygen atoms in total. The van der Waals surface area contributed by atoms with E-state index in [4.69, 9.17) is 10.2 Å². The molecule has 0 aliphatic rings. The highest BCUT2D eigenvalue weighted by atomic mass is 79.9. The molecule has 0 radical (unpaired) electrons. The number of furan rings is 1. The van der Waals surface area contributed by atoms with E-state index >= 15 is 0 Å². The molecular weight excluding hydrogens is 308 g/mol. The average Bonchev–Trinajstić information content (AvgIpc) is 2.83. The number of aryl methyl sites for hydroxylation is 1. The van der Waals surface area contributed by atoms with Crippen LogP contribution in [0.4, 0.5) is 5.69 Å². The fourth-order valence-corrected chi connectivity index (χ4v) is 2.02. The summed E-state index contributed by atoms with van der Waals surface area (Å²) in [6.07, 6.45) is 0.628. The summed E-state index contributed by atoms with van der Waals surface area (Å²) in [7, 11) is 0. The van der Waals surface area contributed by atoms with Crippen molar-refractivity contribution in [1.82, 2.24) is 0 Å². The number of nitrogens with one attached hydrogen (secondary N) is 1. The third-order valence-corrected chi connectivity index (χ3v) is 3.56. The number of hydrogen-bond acceptors (Lipinski definition) is 3. The molecule has 100 valence electrons. The molecule has 1 aromatic carbocycles. The fourth-order valence-electron chi connectivity index (χ4n) is 1.64. The van der Waals surface area contributed by atoms with E-state index in [1.54, 1.807) is 12.1 Å². The van der Waals surface area contributed by atoms with Crippen molar-refractivity contribution in [3.8, 4) is 0 Å². The second-order valence-electron chi connectivity index (χ2n) is 4.22. The van der Waals surface area contributed by atoms with Gasteiger partial charge in [-0.1, -0.05) is 22.0 Å². The number of nitrogens with two attached hydrogens (primary N) is 1. The molecule has 0 fully saturated rings. The summed E-state index contributed by atoms with van der Waals surface area (Å²) in [4.78, 5) is 12.0. The zero-order valence-corrected chi connectivity index (χ0v) is 12.2. The quantitative estimate of drug-likeness (QED) is 0.908. The van der Waals surface area contributed by atoms with E-state index in [1.807, 2.05) is 25.1 Å². The van der Waals surface area contributed by atoms with Crippen molar-refractivity contribution in [2.45, 2.75) is 13.3 Å². The molecule has 1 amide bonds. The molecule has 0 saturated carbocycles. The van der Waals surface area contributed by atoms with Crippen LogP contribution in [0.25, 0.3) is 0 Å². The van der Waals surface area contributed by atoms with Crippen LogP contribution in [0.3, 0.4) is 0 Å². The summed E-state index contributed by atoms with van der Waals surface area (Å²) in [5.74, 6) is 0.747. The van der Waals surface area contributed by atoms with E-state index in [1.165, 1.54) is 0 Å². The Hall–Kier alpha value is -1.59. The summed E-state index contributed by atoms with van der Waals surface area (Å²) in [5, 5.41) is 2.79. The minimum atomic E-state index is -0.265. The van der Waals surface area contributed by atoms with Gasteiger partial charge in [0.05, 0.1) is 0 Å². The molecule has 0 aliphatic carbocycles. The molecular formula is C14H15BrN2O2. The second-order valence-corrected chi connectivity index (χ2v) is 5.08. The molecule has 0 atom stereocenters. The number of amides is 1. The first-order valence-corrected chi connectivity index (χ1v) is 6.75. The van der Waals surface area contributed by atoms with Gasteiger partial charge < -0.3 is 15.5 Å². The van der Waals surface area contributed by atoms with Crippen molar-refractivity contribution in [2.24, 2.45) is 5.73 Å². The maximum Gasteiger partial charge on any atom is 0.291 e. The highest BCUT2D eigenvalue weighted by molar-refractivity contribution is 9.10. The third-order valence-electron chi connectivity index (χ3n) is 2.71. The molecule has 5 heteroatoms. The number of carbonyl (C=O) groups is 1. The van der Waals surface area contributed by atoms with Crippen LogP contribution in [-0.2, 0) is 6.42 Å². The number of halogens is 1. The lowest BCUT2D eigenvalue weighted by atomic mass is 10.2. The Morgan fingerprint density at radius 3 is 2.84 bits per heavy atom. The third kappa shape index (κ3) is 3.45. The van der Waals surface area contributed by atoms with E-state index in [0.717, 1.165) is 21.5 Å². The van der Waals surface area contributed by atoms with E-state index in [2.05, 4.69) is 21.2 Å². The van der Waals surface area contributed by atoms with Gasteiger partial charge in [-0.25, -0.2) is 0 Å². The molecule has 0 spiro atoms. The van der Waals surface area contributed by atoms with E-state index < -0.39 is 0 Å². The van der Waals surface area contributed by atoms with Crippen LogP contribution in [0.1, 0.15) is 21.9 Å². The normalized spacial score (nSPS) is 10.5. The molecule has 2 rings (SSSR count). The first-order valence-electron chi connectivity index (χ1n) is 5.96. The largest absolute Gasteiger partial charge is 0.456 e. The minimum absolute atomic E-state index is 0.265. The van der Waals surface area contributed by atoms with Crippen LogP contribution in [0.5, 0.6) is 0 Å². The molecule has 0 bridgehead atoms. The van der Waals surface area contributed by atoms with Crippen LogP contribution < -0.4 is 11.1 Å². The van der Waals surface area contributed by atoms with Crippen LogP contribution in [-0.4, -0.2) is 12.5 Å². The number of carbonyl (C=O) groups excluding carboxylic acids is 1. The monoisotopic (exact) mass is 322 g/mol. The first kappa shape index (κ1) is 13.8. The molecule has 1 aromatic heterocycles. The lowest BCUT2D eigenvalue weighted by Crippen LogP contribution is -2.11. The molecule has 3 N–H and O–H groups in total. The standard InChI is InChI=1S/C14H15BrN2O2/c1-9-2-3-10(8-12(9)15)17-14(18)13-5-4-11(19-13)6-7-16/h2-5,8H,6-7,16H2,1H3,(H,17,18). The van der Waals surface area contributed by atoms with E-state index in [-0.39, 0.29) is 5.91 Å². The van der Waals surface area contributed by atoms with Crippen LogP contribution >= 0.6 is 15.9 Å². The predicted molar refractivity (Wildman–Crippen MR) is 78.3 cm³/mol. The Morgan fingerprint density at radius 1 is 1.37 bits per heavy atom. The van der Waals surface area contributed by atoms with Gasteiger partial charge in [-0.3, -0.25) is 4.79 Å². The summed E-state index contributed by atoms with van der Waals surface area (Å²) < 4.78 is 6.36. The van der Waals surface area contributed by atoms with Crippen molar-refractivity contribution in [3.05, 3.63) is 51.9 Å². The minimum Gasteiger partial charge on any atom is -0.456 e. The second kappa shape index (κ2) is 6.04. The van der Waals surface area contributed by atoms with E-state index in [0.29, 0.717) is 18.7 Å². The average molecular weight is 323 g/mol. The summed E-state index contributed by atoms with van der Waals surface area (Å²) >= 11 is 3.43. The summed E-state index contributed by atoms with van der Waals surface area (Å²) in [6, 6.07) is 9.07. The zero-order valence-electron chi connectivity index (χ0n) is 10.6. The molecule has 0 aliphatic heterocycles. The SMILES string of the molecule is Cc1ccc(NC(=O)c2ccc(CCN)o2)cc1Br. The molecule has 0 saturated heterocycles. The summed E-state index contributed by atoms with van der Waals surface area (Å²) in [6.45, 7) is 2.49. The van der Waals surface area contributed by atoms with Gasteiger partial charge in [-0.05, 0) is 43.3 Å². The van der Waals surface area contributed by atoms with Crippen molar-refractivity contribution in [2.75, 3.05) is 11.9 Å². The Kier molecular flexibility index (Phi) is 4.39. The van der Waals surface area contributed by atoms with Gasteiger partial charge in [0.1, 0.15) is 5.76 Å². The molecule has 0 unspecified atom stereocenters. The van der Waals surface area contributed by atoms with Gasteiger partial charge in [-0.15, -0.1) is 0 Å². The van der Waals surface area contributed by atoms with Gasteiger partial charge in [0.15, 0.2) is 5.76 Å². The Balaban J connectivity index is 2.09. The zero-order chi connectivity index (χ0) is 13.8. The van der Waals surface area contributed by atoms with Crippen LogP contribution in [0.15, 0.2) is 39.2 Å². The van der Waals surface area contributed by atoms with Crippen LogP contribution in [0, 0.1) is 6.92 Å². The maximum atomic E-state index is 12.0. The number of benzene rings is 1. The van der Waals surface area contributed by atoms with Crippen molar-refractivity contribution in [1.29, 1.82) is 0 Å². The fraction of sp³-hybridized carbons (Fsp3) is 0.214. The van der Waals surface area contributed by atoms with Gasteiger partial charge in [0.2, 0.25) is 0 Å². The number of hydrogen-bond donors (Lipinski definition) is 2. The Bertz CT molecular complexity index is 593. The molecule has 1 heterocycles. The van der Waals surface area contributed by atoms with Crippen molar-refractivity contribution in [3.63, 3.8) is 0 Å². The highest BCUT2D eigenvalue weighted by Gasteiger charge is 2.11. The number of anilines is 1. The Morgan fingerprint density at radius 2 is 2.16 bits per heavy atom. The van der Waals surface area contributed by atoms with Gasteiger partial charge in [0.25, 0.3) is 5.91 Å². The lowest BCUT2D eigenvalue weighted by molar-refractivity contribution is 0.0995. The predicted octanol–water partition coefficient (Wildman–Crippen LogP) is 3.10. The van der Waals surface area contributed by atoms with Gasteiger partial charge >= 0.3 is 0 Å². The molecule has 2 aromatic rings. The number of rotatable bonds is 4. The lowest BCUT2D eigenvalue weighted by Gasteiger charge is -2.05. The van der Waals surface area contributed by atoms with Crippen molar-refractivity contribution >= 4 is 27.5 Å². The first-order chi connectivity index (χ1) is 9.10. The van der Waals surface area contributed by atoms with E-state index in [9.17, 15) is 4.79 Å². The Labute approximate surface area is 120 Å². The maximum absolute atomic E-state index is 12.0. The topological polar surface area (TPSA) is 68.3 Å². The van der Waals surface area contributed by atoms with Gasteiger partial charge in [-0.2, -0.15) is 0 Å². The highest BCUT2D eigenvalue weighted by Crippen LogP contribution is 2.21. The van der Waals surface area contributed by atoms with Crippen molar-refractivity contribution < 1.29 is 9.21 Å².